The lowest BCUT2D eigenvalue weighted by molar-refractivity contribution is -0.142. The van der Waals surface area contributed by atoms with Gasteiger partial charge in [0.15, 0.2) is 6.61 Å². The van der Waals surface area contributed by atoms with Crippen LogP contribution in [0.4, 0.5) is 4.39 Å². The fraction of sp³-hybridized carbons (Fsp3) is 0.316. The number of halogens is 1. The van der Waals surface area contributed by atoms with Crippen molar-refractivity contribution in [3.05, 3.63) is 64.5 Å². The molecule has 24 heavy (non-hydrogen) atoms. The first kappa shape index (κ1) is 17.9. The van der Waals surface area contributed by atoms with Crippen molar-refractivity contribution >= 4 is 5.97 Å². The highest BCUT2D eigenvalue weighted by Gasteiger charge is 2.09. The first-order chi connectivity index (χ1) is 11.5. The second-order valence-corrected chi connectivity index (χ2v) is 5.65. The minimum absolute atomic E-state index is 0.0969. The van der Waals surface area contributed by atoms with E-state index in [1.54, 1.807) is 12.1 Å². The van der Waals surface area contributed by atoms with Crippen molar-refractivity contribution in [3.8, 4) is 5.75 Å². The highest BCUT2D eigenvalue weighted by atomic mass is 19.1. The van der Waals surface area contributed by atoms with E-state index in [0.717, 1.165) is 22.3 Å². The molecule has 128 valence electrons. The summed E-state index contributed by atoms with van der Waals surface area (Å²) in [6.07, 6.45) is 0. The maximum atomic E-state index is 12.9. The second-order valence-electron chi connectivity index (χ2n) is 5.65. The molecule has 0 saturated carbocycles. The lowest BCUT2D eigenvalue weighted by atomic mass is 10.1. The van der Waals surface area contributed by atoms with Gasteiger partial charge in [0, 0.05) is 13.1 Å². The summed E-state index contributed by atoms with van der Waals surface area (Å²) >= 11 is 0. The van der Waals surface area contributed by atoms with Gasteiger partial charge in [-0.2, -0.15) is 0 Å². The van der Waals surface area contributed by atoms with Crippen molar-refractivity contribution in [2.45, 2.75) is 26.9 Å². The Bertz CT molecular complexity index is 675. The number of hydrogen-bond donors (Lipinski definition) is 1. The van der Waals surface area contributed by atoms with Crippen LogP contribution in [0.2, 0.25) is 0 Å². The van der Waals surface area contributed by atoms with Gasteiger partial charge in [-0.1, -0.05) is 24.3 Å². The molecule has 0 spiro atoms. The number of methoxy groups -OCH3 is 1. The Hall–Kier alpha value is -2.40. The largest absolute Gasteiger partial charge is 0.481 e. The average Bonchev–Trinajstić information content (AvgIpc) is 2.55. The van der Waals surface area contributed by atoms with Crippen LogP contribution in [0.1, 0.15) is 22.3 Å². The fourth-order valence-electron chi connectivity index (χ4n) is 2.51. The molecular weight excluding hydrogens is 309 g/mol. The molecule has 4 nitrogen and oxygen atoms in total. The van der Waals surface area contributed by atoms with Crippen LogP contribution in [-0.2, 0) is 22.6 Å². The van der Waals surface area contributed by atoms with Crippen LogP contribution >= 0.6 is 0 Å². The molecule has 1 N–H and O–H groups in total. The van der Waals surface area contributed by atoms with Crippen molar-refractivity contribution in [1.82, 2.24) is 5.32 Å². The lowest BCUT2D eigenvalue weighted by Crippen LogP contribution is -2.15. The molecule has 0 unspecified atom stereocenters. The van der Waals surface area contributed by atoms with E-state index in [4.69, 9.17) is 4.74 Å². The molecule has 2 aromatic carbocycles. The quantitative estimate of drug-likeness (QED) is 0.791. The number of esters is 1. The van der Waals surface area contributed by atoms with Gasteiger partial charge in [-0.3, -0.25) is 0 Å². The second kappa shape index (κ2) is 8.45. The predicted octanol–water partition coefficient (Wildman–Crippen LogP) is 3.28. The average molecular weight is 331 g/mol. The van der Waals surface area contributed by atoms with Crippen molar-refractivity contribution in [3.63, 3.8) is 0 Å². The molecule has 0 aliphatic rings. The summed E-state index contributed by atoms with van der Waals surface area (Å²) in [4.78, 5) is 11.2. The third-order valence-corrected chi connectivity index (χ3v) is 3.65. The molecule has 0 aliphatic carbocycles. The van der Waals surface area contributed by atoms with E-state index in [1.807, 2.05) is 26.0 Å². The van der Waals surface area contributed by atoms with Crippen LogP contribution in [0.15, 0.2) is 36.4 Å². The zero-order valence-electron chi connectivity index (χ0n) is 14.2. The van der Waals surface area contributed by atoms with Gasteiger partial charge in [0.1, 0.15) is 11.6 Å². The summed E-state index contributed by atoms with van der Waals surface area (Å²) in [6, 6.07) is 10.5. The van der Waals surface area contributed by atoms with Gasteiger partial charge in [0.05, 0.1) is 7.11 Å². The molecule has 5 heteroatoms. The Balaban J connectivity index is 1.94. The van der Waals surface area contributed by atoms with Gasteiger partial charge in [-0.25, -0.2) is 9.18 Å². The number of hydrogen-bond acceptors (Lipinski definition) is 4. The lowest BCUT2D eigenvalue weighted by Gasteiger charge is -2.14. The molecule has 0 radical (unpaired) electrons. The number of nitrogens with one attached hydrogen (secondary N) is 1. The number of rotatable bonds is 7. The molecule has 0 aromatic heterocycles. The van der Waals surface area contributed by atoms with Crippen LogP contribution in [0.3, 0.4) is 0 Å². The summed E-state index contributed by atoms with van der Waals surface area (Å²) in [6.45, 7) is 5.15. The summed E-state index contributed by atoms with van der Waals surface area (Å²) in [5, 5.41) is 3.33. The Morgan fingerprint density at radius 1 is 1.04 bits per heavy atom. The minimum Gasteiger partial charge on any atom is -0.481 e. The Morgan fingerprint density at radius 2 is 1.62 bits per heavy atom. The van der Waals surface area contributed by atoms with Gasteiger partial charge >= 0.3 is 5.97 Å². The summed E-state index contributed by atoms with van der Waals surface area (Å²) in [5.74, 6) is 0.0778. The van der Waals surface area contributed by atoms with Gasteiger partial charge in [0.25, 0.3) is 0 Å². The summed E-state index contributed by atoms with van der Waals surface area (Å²) in [5.41, 5.74) is 4.09. The van der Waals surface area contributed by atoms with E-state index in [9.17, 15) is 9.18 Å². The third-order valence-electron chi connectivity index (χ3n) is 3.65. The number of ether oxygens (including phenoxy) is 2. The van der Waals surface area contributed by atoms with Crippen molar-refractivity contribution in [2.75, 3.05) is 13.7 Å². The van der Waals surface area contributed by atoms with Gasteiger partial charge in [0.2, 0.25) is 0 Å². The summed E-state index contributed by atoms with van der Waals surface area (Å²) < 4.78 is 23.0. The van der Waals surface area contributed by atoms with E-state index < -0.39 is 5.97 Å². The summed E-state index contributed by atoms with van der Waals surface area (Å²) in [7, 11) is 1.33. The number of benzene rings is 2. The fourth-order valence-corrected chi connectivity index (χ4v) is 2.51. The monoisotopic (exact) mass is 331 g/mol. The molecule has 0 heterocycles. The topological polar surface area (TPSA) is 47.6 Å². The molecule has 0 fully saturated rings. The first-order valence-electron chi connectivity index (χ1n) is 7.74. The maximum absolute atomic E-state index is 12.9. The smallest absolute Gasteiger partial charge is 0.343 e. The van der Waals surface area contributed by atoms with E-state index >= 15 is 0 Å². The normalized spacial score (nSPS) is 10.5. The molecular formula is C19H22FNO3. The number of aryl methyl sites for hydroxylation is 2. The first-order valence-corrected chi connectivity index (χ1v) is 7.74. The molecule has 0 aliphatic heterocycles. The molecule has 2 aromatic rings. The van der Waals surface area contributed by atoms with Crippen molar-refractivity contribution in [1.29, 1.82) is 0 Å². The highest BCUT2D eigenvalue weighted by Crippen LogP contribution is 2.25. The molecule has 0 atom stereocenters. The minimum atomic E-state index is -0.404. The van der Waals surface area contributed by atoms with Crippen LogP contribution in [0.5, 0.6) is 5.75 Å². The zero-order valence-corrected chi connectivity index (χ0v) is 14.2. The molecule has 2 rings (SSSR count). The number of carbonyl (C=O) groups is 1. The van der Waals surface area contributed by atoms with E-state index in [2.05, 4.69) is 10.1 Å². The Morgan fingerprint density at radius 3 is 2.21 bits per heavy atom. The van der Waals surface area contributed by atoms with Gasteiger partial charge in [-0.15, -0.1) is 0 Å². The van der Waals surface area contributed by atoms with E-state index in [-0.39, 0.29) is 12.4 Å². The zero-order chi connectivity index (χ0) is 17.5. The van der Waals surface area contributed by atoms with Crippen LogP contribution in [-0.4, -0.2) is 19.7 Å². The van der Waals surface area contributed by atoms with Crippen molar-refractivity contribution < 1.29 is 18.7 Å². The molecule has 0 saturated heterocycles. The van der Waals surface area contributed by atoms with Gasteiger partial charge in [-0.05, 0) is 48.2 Å². The van der Waals surface area contributed by atoms with E-state index in [0.29, 0.717) is 18.8 Å². The van der Waals surface area contributed by atoms with Gasteiger partial charge < -0.3 is 14.8 Å². The Kier molecular flexibility index (Phi) is 6.32. The SMILES string of the molecule is COC(=O)COc1c(C)cc(CNCc2ccc(F)cc2)cc1C. The van der Waals surface area contributed by atoms with Crippen LogP contribution in [0.25, 0.3) is 0 Å². The Labute approximate surface area is 141 Å². The van der Waals surface area contributed by atoms with Crippen molar-refractivity contribution in [2.24, 2.45) is 0 Å². The molecule has 0 bridgehead atoms. The third kappa shape index (κ3) is 5.06. The van der Waals surface area contributed by atoms with Crippen LogP contribution in [0, 0.1) is 19.7 Å². The molecule has 0 amide bonds. The van der Waals surface area contributed by atoms with Crippen LogP contribution < -0.4 is 10.1 Å². The number of carbonyl (C=O) groups excluding carboxylic acids is 1. The highest BCUT2D eigenvalue weighted by molar-refractivity contribution is 5.71. The standard InChI is InChI=1S/C19H22FNO3/c1-13-8-16(9-14(2)19(13)24-12-18(22)23-3)11-21-10-15-4-6-17(20)7-5-15/h4-9,21H,10-12H2,1-3H3. The maximum Gasteiger partial charge on any atom is 0.343 e. The predicted molar refractivity (Wildman–Crippen MR) is 90.4 cm³/mol. The van der Waals surface area contributed by atoms with E-state index in [1.165, 1.54) is 19.2 Å².